The summed E-state index contributed by atoms with van der Waals surface area (Å²) in [6.45, 7) is 1.73. The highest BCUT2D eigenvalue weighted by Gasteiger charge is 2.45. The number of rotatable bonds is 4. The van der Waals surface area contributed by atoms with Gasteiger partial charge in [0.15, 0.2) is 0 Å². The first kappa shape index (κ1) is 17.1. The highest BCUT2D eigenvalue weighted by Crippen LogP contribution is 2.39. The Bertz CT molecular complexity index is 696. The molecule has 5 heteroatoms. The number of nitrogens with zero attached hydrogens (tertiary/aromatic N) is 1. The molecule has 1 N–H and O–H groups in total. The van der Waals surface area contributed by atoms with E-state index in [-0.39, 0.29) is 29.6 Å². The Kier molecular flexibility index (Phi) is 4.84. The van der Waals surface area contributed by atoms with Crippen LogP contribution in [0.15, 0.2) is 36.4 Å². The number of allylic oxidation sites excluding steroid dienone is 2. The lowest BCUT2D eigenvalue weighted by molar-refractivity contribution is -0.146. The number of piperidine rings is 1. The average molecular weight is 450 g/mol. The largest absolute Gasteiger partial charge is 0.342 e. The van der Waals surface area contributed by atoms with Gasteiger partial charge < -0.3 is 10.2 Å². The zero-order chi connectivity index (χ0) is 17.4. The zero-order valence-corrected chi connectivity index (χ0v) is 16.3. The summed E-state index contributed by atoms with van der Waals surface area (Å²) in [6, 6.07) is 7.78. The number of nitrogens with one attached hydrogen (secondary N) is 1. The van der Waals surface area contributed by atoms with Crippen molar-refractivity contribution in [2.24, 2.45) is 23.7 Å². The first-order valence-electron chi connectivity index (χ1n) is 9.13. The monoisotopic (exact) mass is 450 g/mol. The maximum absolute atomic E-state index is 13.0. The number of hydrogen-bond acceptors (Lipinski definition) is 2. The van der Waals surface area contributed by atoms with Gasteiger partial charge in [0, 0.05) is 22.3 Å². The molecule has 0 aromatic heterocycles. The molecule has 4 rings (SSSR count). The molecule has 1 heterocycles. The Hall–Kier alpha value is -1.37. The van der Waals surface area contributed by atoms with E-state index in [0.717, 1.165) is 28.8 Å². The summed E-state index contributed by atoms with van der Waals surface area (Å²) in [4.78, 5) is 27.9. The van der Waals surface area contributed by atoms with Crippen molar-refractivity contribution in [2.45, 2.75) is 25.7 Å². The fourth-order valence-electron chi connectivity index (χ4n) is 4.05. The number of fused-ring (bicyclic) bond motifs is 1. The van der Waals surface area contributed by atoms with Gasteiger partial charge in [0.25, 0.3) is 0 Å². The number of carbonyl (C=O) groups is 2. The highest BCUT2D eigenvalue weighted by molar-refractivity contribution is 14.1. The SMILES string of the molecule is O=C(Nc1ccc(I)cc1)[C@H]1CC=C[C@H]2CCN(CC3CC3)C(=O)[C@@H]12. The Morgan fingerprint density at radius 2 is 1.96 bits per heavy atom. The summed E-state index contributed by atoms with van der Waals surface area (Å²) >= 11 is 2.25. The standard InChI is InChI=1S/C20H23IN2O2/c21-15-6-8-16(9-7-15)22-19(24)17-3-1-2-14-10-11-23(12-13-4-5-13)20(25)18(14)17/h1-2,6-9,13-14,17-18H,3-5,10-12H2,(H,22,24)/t14-,17-,18+/m0/s1. The minimum atomic E-state index is -0.260. The van der Waals surface area contributed by atoms with Gasteiger partial charge in [-0.1, -0.05) is 12.2 Å². The molecule has 132 valence electrons. The van der Waals surface area contributed by atoms with Crippen molar-refractivity contribution in [3.8, 4) is 0 Å². The molecule has 25 heavy (non-hydrogen) atoms. The van der Waals surface area contributed by atoms with Crippen molar-refractivity contribution in [3.05, 3.63) is 40.0 Å². The van der Waals surface area contributed by atoms with Crippen LogP contribution in [0, 0.1) is 27.2 Å². The van der Waals surface area contributed by atoms with Gasteiger partial charge in [-0.25, -0.2) is 0 Å². The van der Waals surface area contributed by atoms with E-state index in [0.29, 0.717) is 12.3 Å². The van der Waals surface area contributed by atoms with Crippen LogP contribution in [0.25, 0.3) is 0 Å². The first-order valence-corrected chi connectivity index (χ1v) is 10.2. The quantitative estimate of drug-likeness (QED) is 0.562. The van der Waals surface area contributed by atoms with Crippen molar-refractivity contribution in [3.63, 3.8) is 0 Å². The van der Waals surface area contributed by atoms with Crippen LogP contribution in [-0.2, 0) is 9.59 Å². The number of benzene rings is 1. The van der Waals surface area contributed by atoms with Gasteiger partial charge in [-0.2, -0.15) is 0 Å². The molecule has 0 unspecified atom stereocenters. The second-order valence-corrected chi connectivity index (χ2v) is 8.72. The van der Waals surface area contributed by atoms with Crippen LogP contribution in [0.2, 0.25) is 0 Å². The lowest BCUT2D eigenvalue weighted by atomic mass is 9.71. The van der Waals surface area contributed by atoms with Crippen molar-refractivity contribution >= 4 is 40.1 Å². The Morgan fingerprint density at radius 3 is 2.68 bits per heavy atom. The fourth-order valence-corrected chi connectivity index (χ4v) is 4.41. The summed E-state index contributed by atoms with van der Waals surface area (Å²) < 4.78 is 1.13. The van der Waals surface area contributed by atoms with Crippen LogP contribution < -0.4 is 5.32 Å². The number of likely N-dealkylation sites (tertiary alicyclic amines) is 1. The summed E-state index contributed by atoms with van der Waals surface area (Å²) in [5.74, 6) is 0.616. The van der Waals surface area contributed by atoms with Gasteiger partial charge in [-0.3, -0.25) is 9.59 Å². The Labute approximate surface area is 162 Å². The molecule has 0 radical (unpaired) electrons. The van der Waals surface area contributed by atoms with E-state index in [9.17, 15) is 9.59 Å². The minimum Gasteiger partial charge on any atom is -0.342 e. The number of anilines is 1. The topological polar surface area (TPSA) is 49.4 Å². The Balaban J connectivity index is 1.49. The summed E-state index contributed by atoms with van der Waals surface area (Å²) in [7, 11) is 0. The van der Waals surface area contributed by atoms with Crippen LogP contribution in [0.5, 0.6) is 0 Å². The molecule has 2 aliphatic carbocycles. The van der Waals surface area contributed by atoms with Crippen molar-refractivity contribution < 1.29 is 9.59 Å². The first-order chi connectivity index (χ1) is 12.1. The molecular weight excluding hydrogens is 427 g/mol. The molecule has 0 bridgehead atoms. The normalized spacial score (nSPS) is 28.6. The predicted molar refractivity (Wildman–Crippen MR) is 106 cm³/mol. The molecule has 2 amide bonds. The van der Waals surface area contributed by atoms with Gasteiger partial charge in [0.05, 0.1) is 11.8 Å². The summed E-state index contributed by atoms with van der Waals surface area (Å²) in [5.41, 5.74) is 0.801. The maximum atomic E-state index is 13.0. The molecule has 4 nitrogen and oxygen atoms in total. The lowest BCUT2D eigenvalue weighted by Gasteiger charge is -2.41. The van der Waals surface area contributed by atoms with Crippen molar-refractivity contribution in [2.75, 3.05) is 18.4 Å². The minimum absolute atomic E-state index is 0.0258. The number of hydrogen-bond donors (Lipinski definition) is 1. The predicted octanol–water partition coefficient (Wildman–Crippen LogP) is 3.68. The molecule has 1 saturated heterocycles. The fraction of sp³-hybridized carbons (Fsp3) is 0.500. The van der Waals surface area contributed by atoms with E-state index in [2.05, 4.69) is 40.1 Å². The van der Waals surface area contributed by atoms with Gasteiger partial charge >= 0.3 is 0 Å². The highest BCUT2D eigenvalue weighted by atomic mass is 127. The van der Waals surface area contributed by atoms with Crippen LogP contribution in [0.4, 0.5) is 5.69 Å². The summed E-state index contributed by atoms with van der Waals surface area (Å²) in [5, 5.41) is 3.01. The van der Waals surface area contributed by atoms with Gasteiger partial charge in [-0.05, 0) is 84.4 Å². The number of amides is 2. The van der Waals surface area contributed by atoms with E-state index in [1.54, 1.807) is 0 Å². The van der Waals surface area contributed by atoms with Crippen LogP contribution in [-0.4, -0.2) is 29.8 Å². The molecule has 1 aromatic carbocycles. The second kappa shape index (κ2) is 7.09. The maximum Gasteiger partial charge on any atom is 0.228 e. The van der Waals surface area contributed by atoms with Crippen LogP contribution >= 0.6 is 22.6 Å². The molecule has 1 aromatic rings. The van der Waals surface area contributed by atoms with E-state index >= 15 is 0 Å². The molecule has 1 aliphatic heterocycles. The summed E-state index contributed by atoms with van der Waals surface area (Å²) in [6.07, 6.45) is 8.37. The van der Waals surface area contributed by atoms with Crippen molar-refractivity contribution in [1.29, 1.82) is 0 Å². The van der Waals surface area contributed by atoms with E-state index in [1.165, 1.54) is 12.8 Å². The average Bonchev–Trinajstić information content (AvgIpc) is 3.43. The van der Waals surface area contributed by atoms with Gasteiger partial charge in [-0.15, -0.1) is 0 Å². The second-order valence-electron chi connectivity index (χ2n) is 7.47. The molecule has 3 aliphatic rings. The van der Waals surface area contributed by atoms with Gasteiger partial charge in [0.2, 0.25) is 11.8 Å². The lowest BCUT2D eigenvalue weighted by Crippen LogP contribution is -2.51. The van der Waals surface area contributed by atoms with E-state index in [4.69, 9.17) is 0 Å². The van der Waals surface area contributed by atoms with E-state index < -0.39 is 0 Å². The Morgan fingerprint density at radius 1 is 1.20 bits per heavy atom. The molecular formula is C20H23IN2O2. The third-order valence-corrected chi connectivity index (χ3v) is 6.34. The third-order valence-electron chi connectivity index (χ3n) is 5.62. The number of carbonyl (C=O) groups excluding carboxylic acids is 2. The number of halogens is 1. The third kappa shape index (κ3) is 3.76. The zero-order valence-electron chi connectivity index (χ0n) is 14.2. The van der Waals surface area contributed by atoms with Crippen molar-refractivity contribution in [1.82, 2.24) is 4.90 Å². The molecule has 2 fully saturated rings. The molecule has 1 saturated carbocycles. The van der Waals surface area contributed by atoms with E-state index in [1.807, 2.05) is 29.2 Å². The van der Waals surface area contributed by atoms with Crippen LogP contribution in [0.1, 0.15) is 25.7 Å². The molecule has 0 spiro atoms. The van der Waals surface area contributed by atoms with Gasteiger partial charge in [0.1, 0.15) is 0 Å². The van der Waals surface area contributed by atoms with Crippen LogP contribution in [0.3, 0.4) is 0 Å². The smallest absolute Gasteiger partial charge is 0.228 e. The molecule has 3 atom stereocenters.